The van der Waals surface area contributed by atoms with Crippen LogP contribution in [-0.2, 0) is 4.74 Å². The van der Waals surface area contributed by atoms with Crippen molar-refractivity contribution in [1.29, 1.82) is 0 Å². The number of aromatic nitrogens is 6. The molecule has 0 saturated heterocycles. The number of carbonyl (C=O) groups excluding carboxylic acids is 1. The number of aryl methyl sites for hydroxylation is 1. The molecule has 5 aromatic rings. The first-order chi connectivity index (χ1) is 15.1. The topological polar surface area (TPSA) is 107 Å². The number of hydrogen-bond acceptors (Lipinski definition) is 8. The molecular weight excluding hydrogens is 416 g/mol. The smallest absolute Gasteiger partial charge is 0.348 e. The monoisotopic (exact) mass is 434 g/mol. The average molecular weight is 434 g/mol. The van der Waals surface area contributed by atoms with Crippen molar-refractivity contribution in [3.8, 4) is 28.5 Å². The number of aromatic amines is 1. The molecule has 0 unspecified atom stereocenters. The third-order valence-corrected chi connectivity index (χ3v) is 6.09. The lowest BCUT2D eigenvalue weighted by molar-refractivity contribution is 0.0531. The maximum Gasteiger partial charge on any atom is 0.348 e. The number of carbonyl (C=O) groups is 1. The molecule has 10 heteroatoms. The van der Waals surface area contributed by atoms with Gasteiger partial charge in [-0.25, -0.2) is 19.3 Å². The minimum absolute atomic E-state index is 0.319. The molecule has 1 N–H and O–H groups in total. The summed E-state index contributed by atoms with van der Waals surface area (Å²) in [7, 11) is 1.63. The summed E-state index contributed by atoms with van der Waals surface area (Å²) in [6, 6.07) is 9.55. The van der Waals surface area contributed by atoms with E-state index in [0.717, 1.165) is 28.0 Å². The van der Waals surface area contributed by atoms with Gasteiger partial charge in [0.15, 0.2) is 11.5 Å². The summed E-state index contributed by atoms with van der Waals surface area (Å²) in [5.74, 6) is 0.892. The zero-order valence-electron chi connectivity index (χ0n) is 17.0. The molecule has 1 aromatic carbocycles. The molecule has 0 aliphatic carbocycles. The highest BCUT2D eigenvalue weighted by atomic mass is 32.1. The van der Waals surface area contributed by atoms with Gasteiger partial charge >= 0.3 is 5.97 Å². The van der Waals surface area contributed by atoms with E-state index in [1.54, 1.807) is 24.9 Å². The van der Waals surface area contributed by atoms with Crippen LogP contribution in [0, 0.1) is 6.92 Å². The standard InChI is InChI=1S/C21H18N6O3S/c1-4-30-21(28)17-11(2)16-19-23-18(26-27(19)10-22-20(16)31-17)15-9-14(24-25-15)12-6-5-7-13(8-12)29-3/h5-10H,4H2,1-3H3,(H,24,25). The van der Waals surface area contributed by atoms with E-state index in [4.69, 9.17) is 14.5 Å². The van der Waals surface area contributed by atoms with Crippen LogP contribution in [0.5, 0.6) is 5.75 Å². The molecule has 0 fully saturated rings. The minimum Gasteiger partial charge on any atom is -0.497 e. The number of esters is 1. The van der Waals surface area contributed by atoms with E-state index in [1.807, 2.05) is 37.3 Å². The number of fused-ring (bicyclic) bond motifs is 3. The average Bonchev–Trinajstić information content (AvgIpc) is 3.50. The Kier molecular flexibility index (Phi) is 4.63. The molecule has 0 aliphatic heterocycles. The van der Waals surface area contributed by atoms with Crippen LogP contribution in [0.15, 0.2) is 36.7 Å². The first kappa shape index (κ1) is 19.2. The van der Waals surface area contributed by atoms with Gasteiger partial charge in [-0.1, -0.05) is 12.1 Å². The van der Waals surface area contributed by atoms with Gasteiger partial charge in [0.1, 0.15) is 27.5 Å². The molecule has 0 saturated carbocycles. The van der Waals surface area contributed by atoms with Gasteiger partial charge < -0.3 is 9.47 Å². The van der Waals surface area contributed by atoms with Crippen molar-refractivity contribution in [2.75, 3.05) is 13.7 Å². The van der Waals surface area contributed by atoms with Crippen LogP contribution in [0.1, 0.15) is 22.2 Å². The number of thiophene rings is 1. The van der Waals surface area contributed by atoms with Gasteiger partial charge in [-0.15, -0.1) is 16.4 Å². The van der Waals surface area contributed by atoms with Gasteiger partial charge in [-0.2, -0.15) is 5.10 Å². The summed E-state index contributed by atoms with van der Waals surface area (Å²) in [5, 5.41) is 12.7. The molecule has 9 nitrogen and oxygen atoms in total. The summed E-state index contributed by atoms with van der Waals surface area (Å²) in [5.41, 5.74) is 3.77. The van der Waals surface area contributed by atoms with Crippen molar-refractivity contribution in [1.82, 2.24) is 29.8 Å². The molecule has 4 aromatic heterocycles. The molecule has 0 amide bonds. The zero-order valence-corrected chi connectivity index (χ0v) is 17.9. The summed E-state index contributed by atoms with van der Waals surface area (Å²) in [4.78, 5) is 22.7. The Morgan fingerprint density at radius 2 is 2.16 bits per heavy atom. The van der Waals surface area contributed by atoms with Gasteiger partial charge in [0.05, 0.1) is 24.8 Å². The van der Waals surface area contributed by atoms with Gasteiger partial charge in [-0.3, -0.25) is 5.10 Å². The van der Waals surface area contributed by atoms with Crippen LogP contribution in [-0.4, -0.2) is 49.5 Å². The largest absolute Gasteiger partial charge is 0.497 e. The van der Waals surface area contributed by atoms with Crippen LogP contribution in [0.4, 0.5) is 0 Å². The lowest BCUT2D eigenvalue weighted by atomic mass is 10.1. The van der Waals surface area contributed by atoms with E-state index in [1.165, 1.54) is 11.3 Å². The first-order valence-electron chi connectivity index (χ1n) is 9.61. The van der Waals surface area contributed by atoms with Crippen molar-refractivity contribution in [3.05, 3.63) is 47.1 Å². The Balaban J connectivity index is 1.58. The van der Waals surface area contributed by atoms with E-state index in [-0.39, 0.29) is 5.97 Å². The van der Waals surface area contributed by atoms with Gasteiger partial charge in [-0.05, 0) is 37.6 Å². The Morgan fingerprint density at radius 3 is 2.97 bits per heavy atom. The highest BCUT2D eigenvalue weighted by Crippen LogP contribution is 2.33. The van der Waals surface area contributed by atoms with Gasteiger partial charge in [0.2, 0.25) is 0 Å². The van der Waals surface area contributed by atoms with Crippen molar-refractivity contribution in [2.24, 2.45) is 0 Å². The van der Waals surface area contributed by atoms with E-state index < -0.39 is 0 Å². The molecule has 0 spiro atoms. The minimum atomic E-state index is -0.350. The third kappa shape index (κ3) is 3.21. The fourth-order valence-electron chi connectivity index (χ4n) is 3.41. The highest BCUT2D eigenvalue weighted by molar-refractivity contribution is 7.20. The van der Waals surface area contributed by atoms with Crippen LogP contribution in [0.25, 0.3) is 38.6 Å². The number of H-pyrrole nitrogens is 1. The van der Waals surface area contributed by atoms with E-state index in [2.05, 4.69) is 20.3 Å². The Bertz CT molecular complexity index is 1430. The normalized spacial score (nSPS) is 11.3. The van der Waals surface area contributed by atoms with Crippen molar-refractivity contribution in [2.45, 2.75) is 13.8 Å². The lowest BCUT2D eigenvalue weighted by Crippen LogP contribution is -2.03. The molecule has 156 valence electrons. The quantitative estimate of drug-likeness (QED) is 0.418. The second-order valence-electron chi connectivity index (χ2n) is 6.80. The number of ether oxygens (including phenoxy) is 2. The van der Waals surface area contributed by atoms with Crippen molar-refractivity contribution in [3.63, 3.8) is 0 Å². The van der Waals surface area contributed by atoms with Gasteiger partial charge in [0, 0.05) is 5.56 Å². The second-order valence-corrected chi connectivity index (χ2v) is 7.80. The first-order valence-corrected chi connectivity index (χ1v) is 10.4. The molecule has 31 heavy (non-hydrogen) atoms. The Labute approximate surface area is 180 Å². The summed E-state index contributed by atoms with van der Waals surface area (Å²) in [6.45, 7) is 3.98. The third-order valence-electron chi connectivity index (χ3n) is 4.91. The molecule has 0 aliphatic rings. The molecular formula is C21H18N6O3S. The van der Waals surface area contributed by atoms with Crippen LogP contribution >= 0.6 is 11.3 Å². The number of benzene rings is 1. The number of hydrogen-bond donors (Lipinski definition) is 1. The van der Waals surface area contributed by atoms with E-state index in [9.17, 15) is 4.79 Å². The number of nitrogens with one attached hydrogen (secondary N) is 1. The molecule has 5 rings (SSSR count). The maximum atomic E-state index is 12.3. The summed E-state index contributed by atoms with van der Waals surface area (Å²) in [6.07, 6.45) is 1.60. The molecule has 0 atom stereocenters. The zero-order chi connectivity index (χ0) is 21.5. The van der Waals surface area contributed by atoms with E-state index in [0.29, 0.717) is 33.5 Å². The number of rotatable bonds is 5. The number of methoxy groups -OCH3 is 1. The predicted molar refractivity (Wildman–Crippen MR) is 116 cm³/mol. The van der Waals surface area contributed by atoms with Crippen LogP contribution in [0.3, 0.4) is 0 Å². The summed E-state index contributed by atoms with van der Waals surface area (Å²) >= 11 is 1.30. The molecule has 0 bridgehead atoms. The van der Waals surface area contributed by atoms with Crippen molar-refractivity contribution < 1.29 is 14.3 Å². The Hall–Kier alpha value is -3.79. The van der Waals surface area contributed by atoms with Gasteiger partial charge in [0.25, 0.3) is 0 Å². The summed E-state index contributed by atoms with van der Waals surface area (Å²) < 4.78 is 12.1. The van der Waals surface area contributed by atoms with Crippen LogP contribution < -0.4 is 4.74 Å². The highest BCUT2D eigenvalue weighted by Gasteiger charge is 2.21. The van der Waals surface area contributed by atoms with Crippen molar-refractivity contribution >= 4 is 33.2 Å². The second kappa shape index (κ2) is 7.47. The predicted octanol–water partition coefficient (Wildman–Crippen LogP) is 3.89. The fourth-order valence-corrected chi connectivity index (χ4v) is 4.44. The Morgan fingerprint density at radius 1 is 1.29 bits per heavy atom. The maximum absolute atomic E-state index is 12.3. The molecule has 4 heterocycles. The SMILES string of the molecule is CCOC(=O)c1sc2ncn3nc(-c4cc(-c5cccc(OC)c5)n[nH]4)nc3c2c1C. The number of nitrogens with zero attached hydrogens (tertiary/aromatic N) is 5. The fraction of sp³-hybridized carbons (Fsp3) is 0.190. The molecule has 0 radical (unpaired) electrons. The lowest BCUT2D eigenvalue weighted by Gasteiger charge is -2.00. The van der Waals surface area contributed by atoms with Crippen LogP contribution in [0.2, 0.25) is 0 Å². The van der Waals surface area contributed by atoms with E-state index >= 15 is 0 Å².